The average molecular weight is 290 g/mol. The molecule has 2 amide bonds. The lowest BCUT2D eigenvalue weighted by Crippen LogP contribution is -2.46. The molecule has 1 aromatic carbocycles. The standard InChI is InChI=1S/C17H26N2O2/c1-12(2)15(10-11-20)18-17(21)19-16(14-8-9-14)13-6-4-3-5-7-13/h3-7,12,14-16,20H,8-11H2,1-2H3,(H2,18,19,21). The fourth-order valence-corrected chi connectivity index (χ4v) is 2.63. The van der Waals surface area contributed by atoms with E-state index in [1.807, 2.05) is 18.2 Å². The SMILES string of the molecule is CC(C)C(CCO)NC(=O)NC(c1ccccc1)C1CC1. The number of nitrogens with one attached hydrogen (secondary N) is 2. The topological polar surface area (TPSA) is 61.4 Å². The minimum absolute atomic E-state index is 0.00521. The smallest absolute Gasteiger partial charge is 0.315 e. The van der Waals surface area contributed by atoms with Gasteiger partial charge < -0.3 is 15.7 Å². The second kappa shape index (κ2) is 7.46. The normalized spacial score (nSPS) is 17.3. The molecule has 1 saturated carbocycles. The molecule has 0 heterocycles. The Morgan fingerprint density at radius 3 is 2.43 bits per heavy atom. The molecule has 2 unspecified atom stereocenters. The third-order valence-electron chi connectivity index (χ3n) is 4.10. The Hall–Kier alpha value is -1.55. The summed E-state index contributed by atoms with van der Waals surface area (Å²) in [4.78, 5) is 12.2. The van der Waals surface area contributed by atoms with Crippen LogP contribution >= 0.6 is 0 Å². The Kier molecular flexibility index (Phi) is 5.62. The highest BCUT2D eigenvalue weighted by Gasteiger charge is 2.33. The van der Waals surface area contributed by atoms with Crippen LogP contribution < -0.4 is 10.6 Å². The number of hydrogen-bond acceptors (Lipinski definition) is 2. The fraction of sp³-hybridized carbons (Fsp3) is 0.588. The first-order chi connectivity index (χ1) is 10.1. The second-order valence-electron chi connectivity index (χ2n) is 6.21. The van der Waals surface area contributed by atoms with Gasteiger partial charge in [0.15, 0.2) is 0 Å². The van der Waals surface area contributed by atoms with Crippen molar-refractivity contribution in [2.75, 3.05) is 6.61 Å². The molecule has 1 fully saturated rings. The van der Waals surface area contributed by atoms with E-state index >= 15 is 0 Å². The van der Waals surface area contributed by atoms with E-state index in [-0.39, 0.29) is 24.7 Å². The average Bonchev–Trinajstić information content (AvgIpc) is 3.29. The van der Waals surface area contributed by atoms with Crippen LogP contribution in [0.1, 0.15) is 44.7 Å². The Morgan fingerprint density at radius 1 is 1.24 bits per heavy atom. The Balaban J connectivity index is 1.96. The minimum Gasteiger partial charge on any atom is -0.396 e. The summed E-state index contributed by atoms with van der Waals surface area (Å²) in [6.07, 6.45) is 2.93. The van der Waals surface area contributed by atoms with Crippen LogP contribution in [0.25, 0.3) is 0 Å². The van der Waals surface area contributed by atoms with E-state index in [4.69, 9.17) is 5.11 Å². The highest BCUT2D eigenvalue weighted by molar-refractivity contribution is 5.75. The number of hydrogen-bond donors (Lipinski definition) is 3. The highest BCUT2D eigenvalue weighted by Crippen LogP contribution is 2.40. The third kappa shape index (κ3) is 4.74. The minimum atomic E-state index is -0.136. The van der Waals surface area contributed by atoms with E-state index in [1.165, 1.54) is 18.4 Å². The molecule has 0 spiro atoms. The first-order valence-electron chi connectivity index (χ1n) is 7.84. The van der Waals surface area contributed by atoms with Gasteiger partial charge in [0.05, 0.1) is 6.04 Å². The van der Waals surface area contributed by atoms with Crippen molar-refractivity contribution in [2.24, 2.45) is 11.8 Å². The maximum absolute atomic E-state index is 12.2. The van der Waals surface area contributed by atoms with Crippen LogP contribution in [-0.2, 0) is 0 Å². The Labute approximate surface area is 126 Å². The molecule has 2 rings (SSSR count). The monoisotopic (exact) mass is 290 g/mol. The Morgan fingerprint density at radius 2 is 1.90 bits per heavy atom. The molecule has 0 aromatic heterocycles. The summed E-state index contributed by atoms with van der Waals surface area (Å²) >= 11 is 0. The van der Waals surface area contributed by atoms with Crippen LogP contribution in [-0.4, -0.2) is 23.8 Å². The van der Waals surface area contributed by atoms with Crippen molar-refractivity contribution >= 4 is 6.03 Å². The van der Waals surface area contributed by atoms with Gasteiger partial charge in [0.1, 0.15) is 0 Å². The summed E-state index contributed by atoms with van der Waals surface area (Å²) in [5, 5.41) is 15.2. The maximum atomic E-state index is 12.2. The molecular weight excluding hydrogens is 264 g/mol. The van der Waals surface area contributed by atoms with Gasteiger partial charge in [-0.05, 0) is 36.7 Å². The summed E-state index contributed by atoms with van der Waals surface area (Å²) in [7, 11) is 0. The molecule has 0 radical (unpaired) electrons. The van der Waals surface area contributed by atoms with Crippen molar-refractivity contribution < 1.29 is 9.90 Å². The van der Waals surface area contributed by atoms with Gasteiger partial charge in [0.2, 0.25) is 0 Å². The molecule has 0 aliphatic heterocycles. The first kappa shape index (κ1) is 15.8. The number of rotatable bonds is 7. The number of aliphatic hydroxyl groups is 1. The molecule has 0 saturated heterocycles. The zero-order valence-corrected chi connectivity index (χ0v) is 12.9. The maximum Gasteiger partial charge on any atom is 0.315 e. The van der Waals surface area contributed by atoms with Crippen molar-refractivity contribution in [1.29, 1.82) is 0 Å². The molecule has 2 atom stereocenters. The van der Waals surface area contributed by atoms with E-state index in [2.05, 4.69) is 36.6 Å². The van der Waals surface area contributed by atoms with Crippen LogP contribution in [0.15, 0.2) is 30.3 Å². The molecule has 1 aromatic rings. The number of aliphatic hydroxyl groups excluding tert-OH is 1. The number of amides is 2. The second-order valence-corrected chi connectivity index (χ2v) is 6.21. The molecule has 4 heteroatoms. The molecule has 1 aliphatic carbocycles. The lowest BCUT2D eigenvalue weighted by molar-refractivity contribution is 0.215. The predicted molar refractivity (Wildman–Crippen MR) is 83.9 cm³/mol. The Bertz CT molecular complexity index is 443. The molecule has 116 valence electrons. The van der Waals surface area contributed by atoms with Crippen molar-refractivity contribution in [3.8, 4) is 0 Å². The molecular formula is C17H26N2O2. The summed E-state index contributed by atoms with van der Waals surface area (Å²) in [5.41, 5.74) is 1.17. The highest BCUT2D eigenvalue weighted by atomic mass is 16.3. The zero-order valence-electron chi connectivity index (χ0n) is 12.9. The van der Waals surface area contributed by atoms with E-state index < -0.39 is 0 Å². The molecule has 4 nitrogen and oxygen atoms in total. The van der Waals surface area contributed by atoms with E-state index in [0.29, 0.717) is 18.3 Å². The lowest BCUT2D eigenvalue weighted by atomic mass is 10.0. The number of carbonyl (C=O) groups is 1. The number of benzene rings is 1. The van der Waals surface area contributed by atoms with Gasteiger partial charge in [-0.1, -0.05) is 44.2 Å². The number of carbonyl (C=O) groups excluding carboxylic acids is 1. The van der Waals surface area contributed by atoms with Crippen molar-refractivity contribution in [1.82, 2.24) is 10.6 Å². The molecule has 0 bridgehead atoms. The fourth-order valence-electron chi connectivity index (χ4n) is 2.63. The summed E-state index contributed by atoms with van der Waals surface area (Å²) in [6, 6.07) is 10.1. The zero-order chi connectivity index (χ0) is 15.2. The van der Waals surface area contributed by atoms with Crippen LogP contribution in [0.2, 0.25) is 0 Å². The predicted octanol–water partition coefficient (Wildman–Crippen LogP) is 2.84. The van der Waals surface area contributed by atoms with Gasteiger partial charge in [0, 0.05) is 12.6 Å². The van der Waals surface area contributed by atoms with Crippen LogP contribution in [0, 0.1) is 11.8 Å². The quantitative estimate of drug-likeness (QED) is 0.723. The van der Waals surface area contributed by atoms with E-state index in [9.17, 15) is 4.79 Å². The van der Waals surface area contributed by atoms with Gasteiger partial charge in [-0.15, -0.1) is 0 Å². The van der Waals surface area contributed by atoms with E-state index in [1.54, 1.807) is 0 Å². The van der Waals surface area contributed by atoms with Gasteiger partial charge in [-0.2, -0.15) is 0 Å². The largest absolute Gasteiger partial charge is 0.396 e. The van der Waals surface area contributed by atoms with Crippen LogP contribution in [0.3, 0.4) is 0 Å². The molecule has 1 aliphatic rings. The molecule has 3 N–H and O–H groups in total. The molecule has 21 heavy (non-hydrogen) atoms. The van der Waals surface area contributed by atoms with Crippen LogP contribution in [0.4, 0.5) is 4.79 Å². The summed E-state index contributed by atoms with van der Waals surface area (Å²) in [6.45, 7) is 4.19. The summed E-state index contributed by atoms with van der Waals surface area (Å²) < 4.78 is 0. The first-order valence-corrected chi connectivity index (χ1v) is 7.84. The lowest BCUT2D eigenvalue weighted by Gasteiger charge is -2.25. The van der Waals surface area contributed by atoms with Gasteiger partial charge in [-0.25, -0.2) is 4.79 Å². The van der Waals surface area contributed by atoms with E-state index in [0.717, 1.165) is 0 Å². The van der Waals surface area contributed by atoms with Crippen LogP contribution in [0.5, 0.6) is 0 Å². The van der Waals surface area contributed by atoms with Crippen molar-refractivity contribution in [3.63, 3.8) is 0 Å². The van der Waals surface area contributed by atoms with Crippen molar-refractivity contribution in [2.45, 2.75) is 45.2 Å². The van der Waals surface area contributed by atoms with Gasteiger partial charge in [0.25, 0.3) is 0 Å². The van der Waals surface area contributed by atoms with Crippen molar-refractivity contribution in [3.05, 3.63) is 35.9 Å². The number of urea groups is 1. The van der Waals surface area contributed by atoms with Gasteiger partial charge in [-0.3, -0.25) is 0 Å². The van der Waals surface area contributed by atoms with Gasteiger partial charge >= 0.3 is 6.03 Å². The summed E-state index contributed by atoms with van der Waals surface area (Å²) in [5.74, 6) is 0.854. The third-order valence-corrected chi connectivity index (χ3v) is 4.10.